The van der Waals surface area contributed by atoms with Gasteiger partial charge in [0.15, 0.2) is 0 Å². The topological polar surface area (TPSA) is 58.4 Å². The molecule has 2 atom stereocenters. The Bertz CT molecular complexity index is 570. The first-order valence-corrected chi connectivity index (χ1v) is 8.13. The molecule has 21 heavy (non-hydrogen) atoms. The van der Waals surface area contributed by atoms with Gasteiger partial charge in [-0.1, -0.05) is 11.8 Å². The van der Waals surface area contributed by atoms with E-state index >= 15 is 0 Å². The van der Waals surface area contributed by atoms with Crippen LogP contribution in [-0.2, 0) is 0 Å². The van der Waals surface area contributed by atoms with Crippen LogP contribution >= 0.6 is 11.3 Å². The van der Waals surface area contributed by atoms with Gasteiger partial charge in [0.2, 0.25) is 0 Å². The minimum absolute atomic E-state index is 0.0191. The van der Waals surface area contributed by atoms with Gasteiger partial charge < -0.3 is 16.0 Å². The number of thiophene rings is 1. The third kappa shape index (κ3) is 4.07. The fraction of sp³-hybridized carbons (Fsp3) is 0.562. The average molecular weight is 305 g/mol. The van der Waals surface area contributed by atoms with Crippen LogP contribution in [0.1, 0.15) is 39.9 Å². The summed E-state index contributed by atoms with van der Waals surface area (Å²) in [6, 6.07) is 2.70. The van der Waals surface area contributed by atoms with Crippen LogP contribution in [0.3, 0.4) is 0 Å². The third-order valence-electron chi connectivity index (χ3n) is 3.99. The highest BCUT2D eigenvalue weighted by Crippen LogP contribution is 2.22. The average Bonchev–Trinajstić information content (AvgIpc) is 2.82. The predicted octanol–water partition coefficient (Wildman–Crippen LogP) is 1.58. The minimum Gasteiger partial charge on any atom is -0.349 e. The molecule has 4 nitrogen and oxygen atoms in total. The van der Waals surface area contributed by atoms with Crippen LogP contribution in [0.5, 0.6) is 0 Å². The number of likely N-dealkylation sites (tertiary alicyclic amines) is 1. The molecule has 114 valence electrons. The van der Waals surface area contributed by atoms with E-state index < -0.39 is 0 Å². The zero-order valence-corrected chi connectivity index (χ0v) is 13.7. The standard InChI is InChI=1S/C16H23N3OS/c1-11-9-15(21-14(11)5-4-7-17)16(20)18-13-6-8-19(3)12(2)10-13/h9,12-13H,6-8,10,17H2,1-3H3,(H,18,20). The summed E-state index contributed by atoms with van der Waals surface area (Å²) in [5.74, 6) is 5.88. The fourth-order valence-corrected chi connectivity index (χ4v) is 3.48. The number of carbonyl (C=O) groups excluding carboxylic acids is 1. The molecule has 3 N–H and O–H groups in total. The lowest BCUT2D eigenvalue weighted by molar-refractivity contribution is 0.0900. The molecule has 1 aromatic heterocycles. The molecule has 1 aliphatic rings. The number of nitrogens with zero attached hydrogens (tertiary/aromatic N) is 1. The Labute approximate surface area is 130 Å². The van der Waals surface area contributed by atoms with Gasteiger partial charge >= 0.3 is 0 Å². The maximum atomic E-state index is 12.4. The molecular weight excluding hydrogens is 282 g/mol. The Morgan fingerprint density at radius 1 is 1.62 bits per heavy atom. The number of hydrogen-bond acceptors (Lipinski definition) is 4. The summed E-state index contributed by atoms with van der Waals surface area (Å²) in [5, 5.41) is 3.15. The molecule has 1 aliphatic heterocycles. The summed E-state index contributed by atoms with van der Waals surface area (Å²) in [7, 11) is 2.13. The third-order valence-corrected chi connectivity index (χ3v) is 5.14. The van der Waals surface area contributed by atoms with Crippen molar-refractivity contribution in [2.24, 2.45) is 5.73 Å². The van der Waals surface area contributed by atoms with Crippen molar-refractivity contribution in [1.29, 1.82) is 0 Å². The molecule has 5 heteroatoms. The van der Waals surface area contributed by atoms with E-state index in [2.05, 4.69) is 36.0 Å². The quantitative estimate of drug-likeness (QED) is 0.816. The molecule has 1 aromatic rings. The molecule has 0 radical (unpaired) electrons. The first kappa shape index (κ1) is 16.0. The maximum absolute atomic E-state index is 12.4. The second-order valence-electron chi connectivity index (χ2n) is 5.65. The van der Waals surface area contributed by atoms with Crippen molar-refractivity contribution in [3.05, 3.63) is 21.4 Å². The lowest BCUT2D eigenvalue weighted by atomic mass is 9.99. The van der Waals surface area contributed by atoms with E-state index in [-0.39, 0.29) is 11.9 Å². The van der Waals surface area contributed by atoms with Gasteiger partial charge in [-0.2, -0.15) is 0 Å². The van der Waals surface area contributed by atoms with E-state index in [4.69, 9.17) is 5.73 Å². The normalized spacial score (nSPS) is 22.5. The molecule has 0 spiro atoms. The van der Waals surface area contributed by atoms with Gasteiger partial charge in [0.25, 0.3) is 5.91 Å². The van der Waals surface area contributed by atoms with Crippen LogP contribution in [-0.4, -0.2) is 43.0 Å². The first-order valence-electron chi connectivity index (χ1n) is 7.31. The van der Waals surface area contributed by atoms with Gasteiger partial charge in [-0.3, -0.25) is 4.79 Å². The van der Waals surface area contributed by atoms with Crippen LogP contribution in [0, 0.1) is 18.8 Å². The van der Waals surface area contributed by atoms with Crippen LogP contribution in [0.15, 0.2) is 6.07 Å². The number of aryl methyl sites for hydroxylation is 1. The Hall–Kier alpha value is -1.35. The Morgan fingerprint density at radius 3 is 3.05 bits per heavy atom. The molecule has 1 fully saturated rings. The van der Waals surface area contributed by atoms with Crippen molar-refractivity contribution in [3.63, 3.8) is 0 Å². The van der Waals surface area contributed by atoms with Crippen molar-refractivity contribution < 1.29 is 4.79 Å². The van der Waals surface area contributed by atoms with E-state index in [0.29, 0.717) is 12.6 Å². The van der Waals surface area contributed by atoms with E-state index in [0.717, 1.165) is 34.7 Å². The van der Waals surface area contributed by atoms with Gasteiger partial charge in [0, 0.05) is 18.6 Å². The highest BCUT2D eigenvalue weighted by Gasteiger charge is 2.24. The second-order valence-corrected chi connectivity index (χ2v) is 6.71. The Kier molecular flexibility index (Phi) is 5.40. The number of carbonyl (C=O) groups is 1. The molecule has 1 amide bonds. The van der Waals surface area contributed by atoms with E-state index in [9.17, 15) is 4.79 Å². The van der Waals surface area contributed by atoms with Crippen molar-refractivity contribution in [3.8, 4) is 11.8 Å². The number of nitrogens with one attached hydrogen (secondary N) is 1. The van der Waals surface area contributed by atoms with E-state index in [1.165, 1.54) is 11.3 Å². The first-order chi connectivity index (χ1) is 10.0. The fourth-order valence-electron chi connectivity index (χ4n) is 2.53. The summed E-state index contributed by atoms with van der Waals surface area (Å²) >= 11 is 1.45. The minimum atomic E-state index is 0.0191. The summed E-state index contributed by atoms with van der Waals surface area (Å²) in [5.41, 5.74) is 6.43. The Morgan fingerprint density at radius 2 is 2.38 bits per heavy atom. The number of piperidine rings is 1. The van der Waals surface area contributed by atoms with Crippen LogP contribution < -0.4 is 11.1 Å². The lowest BCUT2D eigenvalue weighted by Gasteiger charge is -2.35. The summed E-state index contributed by atoms with van der Waals surface area (Å²) in [4.78, 5) is 16.4. The zero-order valence-electron chi connectivity index (χ0n) is 12.9. The van der Waals surface area contributed by atoms with Gasteiger partial charge in [-0.15, -0.1) is 11.3 Å². The van der Waals surface area contributed by atoms with Crippen molar-refractivity contribution in [1.82, 2.24) is 10.2 Å². The van der Waals surface area contributed by atoms with Gasteiger partial charge in [-0.05, 0) is 45.4 Å². The number of nitrogens with two attached hydrogens (primary N) is 1. The molecule has 0 aromatic carbocycles. The van der Waals surface area contributed by atoms with Crippen molar-refractivity contribution in [2.75, 3.05) is 20.1 Å². The highest BCUT2D eigenvalue weighted by molar-refractivity contribution is 7.14. The van der Waals surface area contributed by atoms with E-state index in [1.54, 1.807) is 0 Å². The van der Waals surface area contributed by atoms with Crippen molar-refractivity contribution >= 4 is 17.2 Å². The van der Waals surface area contributed by atoms with Gasteiger partial charge in [-0.25, -0.2) is 0 Å². The zero-order chi connectivity index (χ0) is 15.4. The number of amides is 1. The maximum Gasteiger partial charge on any atom is 0.261 e. The van der Waals surface area contributed by atoms with Crippen LogP contribution in [0.25, 0.3) is 0 Å². The van der Waals surface area contributed by atoms with Crippen molar-refractivity contribution in [2.45, 2.75) is 38.8 Å². The Balaban J connectivity index is 2.01. The molecule has 2 rings (SSSR count). The smallest absolute Gasteiger partial charge is 0.261 e. The number of rotatable bonds is 2. The predicted molar refractivity (Wildman–Crippen MR) is 87.6 cm³/mol. The molecule has 0 bridgehead atoms. The van der Waals surface area contributed by atoms with Crippen LogP contribution in [0.4, 0.5) is 0 Å². The molecule has 2 unspecified atom stereocenters. The highest BCUT2D eigenvalue weighted by atomic mass is 32.1. The molecule has 2 heterocycles. The summed E-state index contributed by atoms with van der Waals surface area (Å²) in [6.45, 7) is 5.55. The molecular formula is C16H23N3OS. The molecule has 0 saturated carbocycles. The second kappa shape index (κ2) is 7.08. The lowest BCUT2D eigenvalue weighted by Crippen LogP contribution is -2.47. The molecule has 1 saturated heterocycles. The number of hydrogen-bond donors (Lipinski definition) is 2. The van der Waals surface area contributed by atoms with Crippen LogP contribution in [0.2, 0.25) is 0 Å². The van der Waals surface area contributed by atoms with Gasteiger partial charge in [0.1, 0.15) is 0 Å². The summed E-state index contributed by atoms with van der Waals surface area (Å²) in [6.07, 6.45) is 2.02. The van der Waals surface area contributed by atoms with E-state index in [1.807, 2.05) is 13.0 Å². The van der Waals surface area contributed by atoms with Gasteiger partial charge in [0.05, 0.1) is 16.3 Å². The largest absolute Gasteiger partial charge is 0.349 e. The SMILES string of the molecule is Cc1cc(C(=O)NC2CCN(C)C(C)C2)sc1C#CCN. The molecule has 0 aliphatic carbocycles. The summed E-state index contributed by atoms with van der Waals surface area (Å²) < 4.78 is 0. The monoisotopic (exact) mass is 305 g/mol.